The summed E-state index contributed by atoms with van der Waals surface area (Å²) in [5.74, 6) is -0.784. The average Bonchev–Trinajstić information content (AvgIpc) is 2.75. The van der Waals surface area contributed by atoms with Gasteiger partial charge in [-0.25, -0.2) is 9.37 Å². The van der Waals surface area contributed by atoms with E-state index in [0.29, 0.717) is 34.3 Å². The summed E-state index contributed by atoms with van der Waals surface area (Å²) in [6, 6.07) is 7.17. The van der Waals surface area contributed by atoms with E-state index in [1.807, 2.05) is 13.8 Å². The number of ether oxygens (including phenoxy) is 1. The van der Waals surface area contributed by atoms with Crippen LogP contribution in [0.25, 0.3) is 0 Å². The summed E-state index contributed by atoms with van der Waals surface area (Å²) in [5.41, 5.74) is 0.632. The minimum absolute atomic E-state index is 0.216. The van der Waals surface area contributed by atoms with E-state index in [9.17, 15) is 9.18 Å². The second kappa shape index (κ2) is 7.88. The molecule has 5 nitrogen and oxygen atoms in total. The van der Waals surface area contributed by atoms with E-state index in [2.05, 4.69) is 15.6 Å². The van der Waals surface area contributed by atoms with Crippen molar-refractivity contribution >= 4 is 40.4 Å². The molecule has 27 heavy (non-hydrogen) atoms. The number of rotatable bonds is 3. The quantitative estimate of drug-likeness (QED) is 0.743. The lowest BCUT2D eigenvalue weighted by Crippen LogP contribution is -2.29. The number of amides is 1. The number of carbonyl (C=O) groups excluding carboxylic acids is 1. The van der Waals surface area contributed by atoms with Crippen LogP contribution < -0.4 is 10.6 Å². The zero-order valence-corrected chi connectivity index (χ0v) is 16.5. The first-order valence-corrected chi connectivity index (χ1v) is 9.18. The van der Waals surface area contributed by atoms with Gasteiger partial charge in [-0.3, -0.25) is 4.79 Å². The molecule has 1 aromatic carbocycles. The summed E-state index contributed by atoms with van der Waals surface area (Å²) in [6.07, 6.45) is 1.92. The van der Waals surface area contributed by atoms with Crippen molar-refractivity contribution in [3.63, 3.8) is 0 Å². The summed E-state index contributed by atoms with van der Waals surface area (Å²) in [7, 11) is 0. The van der Waals surface area contributed by atoms with Crippen molar-refractivity contribution in [1.29, 1.82) is 0 Å². The van der Waals surface area contributed by atoms with Gasteiger partial charge in [-0.05, 0) is 44.2 Å². The Morgan fingerprint density at radius 1 is 1.41 bits per heavy atom. The zero-order chi connectivity index (χ0) is 19.6. The predicted octanol–water partition coefficient (Wildman–Crippen LogP) is 4.28. The monoisotopic (exact) mass is 407 g/mol. The third-order valence-electron chi connectivity index (χ3n) is 4.21. The Kier molecular flexibility index (Phi) is 5.74. The van der Waals surface area contributed by atoms with Crippen LogP contribution in [0, 0.1) is 5.82 Å². The Labute approximate surface area is 167 Å². The Bertz CT molecular complexity index is 874. The predicted molar refractivity (Wildman–Crippen MR) is 107 cm³/mol. The van der Waals surface area contributed by atoms with Gasteiger partial charge in [-0.15, -0.1) is 0 Å². The maximum Gasteiger partial charge on any atom is 0.274 e. The highest BCUT2D eigenvalue weighted by Gasteiger charge is 2.31. The number of hydrogen-bond donors (Lipinski definition) is 2. The van der Waals surface area contributed by atoms with Crippen molar-refractivity contribution in [3.05, 3.63) is 58.6 Å². The smallest absolute Gasteiger partial charge is 0.274 e. The third-order valence-corrected chi connectivity index (χ3v) is 4.67. The summed E-state index contributed by atoms with van der Waals surface area (Å²) in [6.45, 7) is 4.16. The Balaban J connectivity index is 1.84. The van der Waals surface area contributed by atoms with Crippen molar-refractivity contribution in [3.8, 4) is 0 Å². The molecule has 1 atom stereocenters. The Morgan fingerprint density at radius 3 is 2.89 bits per heavy atom. The number of nitrogens with one attached hydrogen (secondary N) is 2. The van der Waals surface area contributed by atoms with Crippen LogP contribution in [0.3, 0.4) is 0 Å². The minimum Gasteiger partial charge on any atom is -0.371 e. The van der Waals surface area contributed by atoms with Crippen LogP contribution in [0.2, 0.25) is 5.02 Å². The summed E-state index contributed by atoms with van der Waals surface area (Å²) in [4.78, 5) is 16.8. The molecule has 2 aromatic rings. The molecule has 0 saturated carbocycles. The van der Waals surface area contributed by atoms with E-state index in [4.69, 9.17) is 28.6 Å². The molecule has 1 amide bonds. The second-order valence-corrected chi connectivity index (χ2v) is 7.85. The number of hydrogen-bond acceptors (Lipinski definition) is 4. The molecule has 0 bridgehead atoms. The van der Waals surface area contributed by atoms with Crippen LogP contribution in [0.5, 0.6) is 0 Å². The van der Waals surface area contributed by atoms with Crippen LogP contribution in [-0.2, 0) is 4.74 Å². The number of pyridine rings is 1. The molecule has 1 aliphatic rings. The van der Waals surface area contributed by atoms with Gasteiger partial charge < -0.3 is 15.4 Å². The van der Waals surface area contributed by atoms with Crippen LogP contribution in [0.1, 0.15) is 42.4 Å². The van der Waals surface area contributed by atoms with Gasteiger partial charge >= 0.3 is 0 Å². The molecule has 1 aromatic heterocycles. The van der Waals surface area contributed by atoms with Crippen molar-refractivity contribution < 1.29 is 13.9 Å². The van der Waals surface area contributed by atoms with Gasteiger partial charge in [0.15, 0.2) is 0 Å². The van der Waals surface area contributed by atoms with E-state index in [1.54, 1.807) is 12.1 Å². The second-order valence-electron chi connectivity index (χ2n) is 6.92. The molecule has 0 aliphatic carbocycles. The lowest BCUT2D eigenvalue weighted by atomic mass is 9.93. The number of thiocarbonyl (C=S) groups is 1. The molecule has 2 heterocycles. The number of anilines is 1. The number of carbonyl (C=O) groups is 1. The van der Waals surface area contributed by atoms with E-state index in [-0.39, 0.29) is 17.6 Å². The van der Waals surface area contributed by atoms with Gasteiger partial charge in [0.05, 0.1) is 23.3 Å². The van der Waals surface area contributed by atoms with E-state index >= 15 is 0 Å². The lowest BCUT2D eigenvalue weighted by molar-refractivity contribution is 0.0000797. The van der Waals surface area contributed by atoms with Crippen LogP contribution in [0.15, 0.2) is 36.5 Å². The first-order chi connectivity index (χ1) is 12.7. The Hall–Kier alpha value is -2.09. The number of halogens is 2. The molecule has 142 valence electrons. The highest BCUT2D eigenvalue weighted by atomic mass is 35.5. The molecule has 1 aliphatic heterocycles. The van der Waals surface area contributed by atoms with Crippen LogP contribution in [-0.4, -0.2) is 28.1 Å². The first-order valence-electron chi connectivity index (χ1n) is 8.39. The van der Waals surface area contributed by atoms with Crippen molar-refractivity contribution in [2.24, 2.45) is 0 Å². The maximum atomic E-state index is 14.5. The van der Waals surface area contributed by atoms with E-state index in [1.165, 1.54) is 24.4 Å². The summed E-state index contributed by atoms with van der Waals surface area (Å²) >= 11 is 11.0. The molecule has 2 N–H and O–H groups in total. The average molecular weight is 408 g/mol. The molecular formula is C19H19ClFN3O2S. The number of aromatic nitrogens is 1. The maximum absolute atomic E-state index is 14.5. The van der Waals surface area contributed by atoms with Gasteiger partial charge in [0, 0.05) is 23.9 Å². The van der Waals surface area contributed by atoms with Gasteiger partial charge in [0.1, 0.15) is 16.5 Å². The molecule has 3 rings (SSSR count). The van der Waals surface area contributed by atoms with E-state index < -0.39 is 11.5 Å². The normalized spacial score (nSPS) is 19.1. The SMILES string of the molecule is CC1(C)C[C@@H](c2cc(NC(=O)c3ccc(Cl)cn3)ccc2F)NC(=S)CO1. The van der Waals surface area contributed by atoms with Gasteiger partial charge in [-0.2, -0.15) is 0 Å². The van der Waals surface area contributed by atoms with Gasteiger partial charge in [-0.1, -0.05) is 23.8 Å². The van der Waals surface area contributed by atoms with Crippen molar-refractivity contribution in [1.82, 2.24) is 10.3 Å². The fraction of sp³-hybridized carbons (Fsp3) is 0.316. The molecule has 1 fully saturated rings. The van der Waals surface area contributed by atoms with Gasteiger partial charge in [0.25, 0.3) is 5.91 Å². The largest absolute Gasteiger partial charge is 0.371 e. The van der Waals surface area contributed by atoms with Crippen LogP contribution in [0.4, 0.5) is 10.1 Å². The number of nitrogens with zero attached hydrogens (tertiary/aromatic N) is 1. The van der Waals surface area contributed by atoms with Crippen LogP contribution >= 0.6 is 23.8 Å². The standard InChI is InChI=1S/C19H19ClFN3O2S/c1-19(2)8-16(24-17(27)10-26-19)13-7-12(4-5-14(13)21)23-18(25)15-6-3-11(20)9-22-15/h3-7,9,16H,8,10H2,1-2H3,(H,23,25)(H,24,27)/t16-/m0/s1. The lowest BCUT2D eigenvalue weighted by Gasteiger charge is -2.26. The number of benzene rings is 1. The molecule has 0 radical (unpaired) electrons. The Morgan fingerprint density at radius 2 is 2.19 bits per heavy atom. The fourth-order valence-corrected chi connectivity index (χ4v) is 3.19. The van der Waals surface area contributed by atoms with Gasteiger partial charge in [0.2, 0.25) is 0 Å². The third kappa shape index (κ3) is 5.00. The minimum atomic E-state index is -0.461. The first kappa shape index (κ1) is 19.7. The topological polar surface area (TPSA) is 63.2 Å². The molecule has 1 saturated heterocycles. The molecule has 0 unspecified atom stereocenters. The van der Waals surface area contributed by atoms with Crippen molar-refractivity contribution in [2.75, 3.05) is 11.9 Å². The molecule has 0 spiro atoms. The molecule has 8 heteroatoms. The molecular weight excluding hydrogens is 389 g/mol. The van der Waals surface area contributed by atoms with Crippen molar-refractivity contribution in [2.45, 2.75) is 31.9 Å². The fourth-order valence-electron chi connectivity index (χ4n) is 2.88. The highest BCUT2D eigenvalue weighted by molar-refractivity contribution is 7.80. The zero-order valence-electron chi connectivity index (χ0n) is 14.9. The summed E-state index contributed by atoms with van der Waals surface area (Å²) < 4.78 is 20.2. The summed E-state index contributed by atoms with van der Waals surface area (Å²) in [5, 5.41) is 6.31. The van der Waals surface area contributed by atoms with E-state index in [0.717, 1.165) is 0 Å². The highest BCUT2D eigenvalue weighted by Crippen LogP contribution is 2.31.